The molecule has 0 unspecified atom stereocenters. The molecule has 0 aromatic heterocycles. The van der Waals surface area contributed by atoms with Crippen LogP contribution in [0, 0.1) is 5.92 Å². The summed E-state index contributed by atoms with van der Waals surface area (Å²) in [6.45, 7) is 3.14. The van der Waals surface area contributed by atoms with Gasteiger partial charge in [-0.05, 0) is 32.3 Å². The SMILES string of the molecule is CC(C)(C(=O)C1CCCCC1)S(=O)(=O)Cc1ccccc1. The lowest BCUT2D eigenvalue weighted by Gasteiger charge is -2.30. The molecule has 0 amide bonds. The topological polar surface area (TPSA) is 51.2 Å². The Hall–Kier alpha value is -1.16. The highest BCUT2D eigenvalue weighted by atomic mass is 32.2. The van der Waals surface area contributed by atoms with E-state index >= 15 is 0 Å². The second-order valence-corrected chi connectivity index (χ2v) is 8.99. The summed E-state index contributed by atoms with van der Waals surface area (Å²) in [7, 11) is -3.51. The Morgan fingerprint density at radius 1 is 1.10 bits per heavy atom. The molecule has 0 atom stereocenters. The third-order valence-corrected chi connectivity index (χ3v) is 7.02. The van der Waals surface area contributed by atoms with Crippen molar-refractivity contribution in [3.63, 3.8) is 0 Å². The van der Waals surface area contributed by atoms with E-state index in [9.17, 15) is 13.2 Å². The second kappa shape index (κ2) is 6.30. The average Bonchev–Trinajstić information content (AvgIpc) is 2.47. The van der Waals surface area contributed by atoms with Crippen molar-refractivity contribution in [1.29, 1.82) is 0 Å². The van der Waals surface area contributed by atoms with E-state index in [1.807, 2.05) is 18.2 Å². The second-order valence-electron chi connectivity index (χ2n) is 6.45. The Kier molecular flexibility index (Phi) is 4.87. The molecule has 2 rings (SSSR count). The maximum atomic E-state index is 12.7. The number of hydrogen-bond acceptors (Lipinski definition) is 3. The molecular formula is C17H24O3S. The number of benzene rings is 1. The smallest absolute Gasteiger partial charge is 0.166 e. The van der Waals surface area contributed by atoms with Gasteiger partial charge in [-0.2, -0.15) is 0 Å². The van der Waals surface area contributed by atoms with E-state index in [2.05, 4.69) is 0 Å². The van der Waals surface area contributed by atoms with Crippen LogP contribution >= 0.6 is 0 Å². The van der Waals surface area contributed by atoms with Crippen LogP contribution in [0.5, 0.6) is 0 Å². The molecule has 1 aliphatic carbocycles. The van der Waals surface area contributed by atoms with Crippen molar-refractivity contribution in [2.24, 2.45) is 5.92 Å². The quantitative estimate of drug-likeness (QED) is 0.836. The average molecular weight is 308 g/mol. The van der Waals surface area contributed by atoms with Crippen molar-refractivity contribution >= 4 is 15.6 Å². The first-order valence-corrected chi connectivity index (χ1v) is 9.30. The van der Waals surface area contributed by atoms with Gasteiger partial charge in [-0.3, -0.25) is 4.79 Å². The molecule has 3 nitrogen and oxygen atoms in total. The van der Waals surface area contributed by atoms with Crippen LogP contribution in [0.3, 0.4) is 0 Å². The van der Waals surface area contributed by atoms with Gasteiger partial charge in [0, 0.05) is 5.92 Å². The van der Waals surface area contributed by atoms with Crippen molar-refractivity contribution in [3.05, 3.63) is 35.9 Å². The number of ketones is 1. The van der Waals surface area contributed by atoms with Crippen molar-refractivity contribution in [1.82, 2.24) is 0 Å². The first-order valence-electron chi connectivity index (χ1n) is 7.65. The zero-order chi connectivity index (χ0) is 15.5. The molecule has 1 saturated carbocycles. The van der Waals surface area contributed by atoms with Crippen LogP contribution in [0.4, 0.5) is 0 Å². The molecule has 0 bridgehead atoms. The fourth-order valence-electron chi connectivity index (χ4n) is 2.98. The monoisotopic (exact) mass is 308 g/mol. The number of rotatable bonds is 5. The van der Waals surface area contributed by atoms with Crippen LogP contribution in [-0.2, 0) is 20.4 Å². The minimum absolute atomic E-state index is 0.0701. The van der Waals surface area contributed by atoms with E-state index in [1.54, 1.807) is 26.0 Å². The summed E-state index contributed by atoms with van der Waals surface area (Å²) in [6, 6.07) is 9.08. The molecule has 0 heterocycles. The van der Waals surface area contributed by atoms with Crippen LogP contribution in [0.15, 0.2) is 30.3 Å². The number of sulfone groups is 1. The zero-order valence-corrected chi connectivity index (χ0v) is 13.7. The summed E-state index contributed by atoms with van der Waals surface area (Å²) in [6.07, 6.45) is 4.89. The lowest BCUT2D eigenvalue weighted by Crippen LogP contribution is -2.45. The Bertz CT molecular complexity index is 582. The molecule has 0 N–H and O–H groups in total. The van der Waals surface area contributed by atoms with Gasteiger partial charge in [-0.1, -0.05) is 49.6 Å². The van der Waals surface area contributed by atoms with Gasteiger partial charge in [0.2, 0.25) is 0 Å². The lowest BCUT2D eigenvalue weighted by atomic mass is 9.82. The van der Waals surface area contributed by atoms with Crippen LogP contribution in [0.25, 0.3) is 0 Å². The van der Waals surface area contributed by atoms with Crippen molar-refractivity contribution < 1.29 is 13.2 Å². The highest BCUT2D eigenvalue weighted by molar-refractivity contribution is 7.92. The molecule has 1 aliphatic rings. The highest BCUT2D eigenvalue weighted by Gasteiger charge is 2.44. The van der Waals surface area contributed by atoms with Gasteiger partial charge in [-0.25, -0.2) is 8.42 Å². The molecule has 0 aliphatic heterocycles. The molecule has 4 heteroatoms. The summed E-state index contributed by atoms with van der Waals surface area (Å²) < 4.78 is 24.1. The van der Waals surface area contributed by atoms with E-state index in [0.29, 0.717) is 0 Å². The molecule has 0 radical (unpaired) electrons. The van der Waals surface area contributed by atoms with Crippen LogP contribution in [-0.4, -0.2) is 18.9 Å². The Morgan fingerprint density at radius 2 is 1.67 bits per heavy atom. The molecule has 0 saturated heterocycles. The van der Waals surface area contributed by atoms with Crippen LogP contribution in [0.1, 0.15) is 51.5 Å². The van der Waals surface area contributed by atoms with Crippen molar-refractivity contribution in [2.75, 3.05) is 0 Å². The predicted octanol–water partition coefficient (Wildman–Crippen LogP) is 3.53. The summed E-state index contributed by atoms with van der Waals surface area (Å²) >= 11 is 0. The molecule has 116 valence electrons. The minimum atomic E-state index is -3.51. The fourth-order valence-corrected chi connectivity index (χ4v) is 4.45. The summed E-state index contributed by atoms with van der Waals surface area (Å²) in [5.74, 6) is -0.253. The van der Waals surface area contributed by atoms with E-state index in [4.69, 9.17) is 0 Å². The van der Waals surface area contributed by atoms with E-state index in [-0.39, 0.29) is 17.5 Å². The predicted molar refractivity (Wildman–Crippen MR) is 84.7 cm³/mol. The van der Waals surface area contributed by atoms with E-state index < -0.39 is 14.6 Å². The normalized spacial score (nSPS) is 17.6. The Morgan fingerprint density at radius 3 is 2.24 bits per heavy atom. The Balaban J connectivity index is 2.18. The van der Waals surface area contributed by atoms with Crippen LogP contribution < -0.4 is 0 Å². The number of hydrogen-bond donors (Lipinski definition) is 0. The van der Waals surface area contributed by atoms with Gasteiger partial charge in [0.25, 0.3) is 0 Å². The standard InChI is InChI=1S/C17H24O3S/c1-17(2,16(18)15-11-7-4-8-12-15)21(19,20)13-14-9-5-3-6-10-14/h3,5-6,9-10,15H,4,7-8,11-13H2,1-2H3. The minimum Gasteiger partial charge on any atom is -0.298 e. The molecule has 21 heavy (non-hydrogen) atoms. The van der Waals surface area contributed by atoms with Gasteiger partial charge in [0.05, 0.1) is 5.75 Å². The molecule has 1 aromatic rings. The Labute approximate surface area is 127 Å². The summed E-state index contributed by atoms with van der Waals surface area (Å²) in [4.78, 5) is 12.7. The van der Waals surface area contributed by atoms with Gasteiger partial charge in [0.15, 0.2) is 15.6 Å². The molecular weight excluding hydrogens is 284 g/mol. The largest absolute Gasteiger partial charge is 0.298 e. The first kappa shape index (κ1) is 16.2. The van der Waals surface area contributed by atoms with E-state index in [0.717, 1.165) is 37.7 Å². The molecule has 1 fully saturated rings. The number of carbonyl (C=O) groups is 1. The van der Waals surface area contributed by atoms with Crippen molar-refractivity contribution in [2.45, 2.75) is 56.5 Å². The van der Waals surface area contributed by atoms with Gasteiger partial charge < -0.3 is 0 Å². The van der Waals surface area contributed by atoms with Crippen LogP contribution in [0.2, 0.25) is 0 Å². The fraction of sp³-hybridized carbons (Fsp3) is 0.588. The third kappa shape index (κ3) is 3.54. The zero-order valence-electron chi connectivity index (χ0n) is 12.8. The summed E-state index contributed by atoms with van der Waals surface area (Å²) in [5, 5.41) is 0. The van der Waals surface area contributed by atoms with Gasteiger partial charge in [0.1, 0.15) is 4.75 Å². The van der Waals surface area contributed by atoms with Gasteiger partial charge >= 0.3 is 0 Å². The first-order chi connectivity index (χ1) is 9.84. The number of carbonyl (C=O) groups excluding carboxylic acids is 1. The molecule has 0 spiro atoms. The van der Waals surface area contributed by atoms with E-state index in [1.165, 1.54) is 0 Å². The number of Topliss-reactive ketones (excluding diaryl/α,β-unsaturated/α-hetero) is 1. The third-order valence-electron chi connectivity index (χ3n) is 4.55. The van der Waals surface area contributed by atoms with Gasteiger partial charge in [-0.15, -0.1) is 0 Å². The van der Waals surface area contributed by atoms with Crippen molar-refractivity contribution in [3.8, 4) is 0 Å². The molecule has 1 aromatic carbocycles. The maximum absolute atomic E-state index is 12.7. The maximum Gasteiger partial charge on any atom is 0.166 e. The summed E-state index contributed by atoms with van der Waals surface area (Å²) in [5.41, 5.74) is 0.738. The lowest BCUT2D eigenvalue weighted by molar-refractivity contribution is -0.125. The highest BCUT2D eigenvalue weighted by Crippen LogP contribution is 2.32.